The van der Waals surface area contributed by atoms with Gasteiger partial charge in [0.15, 0.2) is 5.52 Å². The molecule has 5 heteroatoms. The first-order valence-electron chi connectivity index (χ1n) is 4.48. The zero-order valence-corrected chi connectivity index (χ0v) is 7.97. The number of hydrogen-bond donors (Lipinski definition) is 0. The SMILES string of the molecule is Cn1nnc2c(=O)oc3ccccc3c21. The lowest BCUT2D eigenvalue weighted by molar-refractivity contribution is 0.568. The van der Waals surface area contributed by atoms with E-state index in [-0.39, 0.29) is 5.52 Å². The summed E-state index contributed by atoms with van der Waals surface area (Å²) in [4.78, 5) is 11.5. The van der Waals surface area contributed by atoms with E-state index in [4.69, 9.17) is 4.42 Å². The Morgan fingerprint density at radius 3 is 3.00 bits per heavy atom. The first kappa shape index (κ1) is 8.16. The Kier molecular flexibility index (Phi) is 1.45. The third-order valence-electron chi connectivity index (χ3n) is 2.36. The molecule has 3 aromatic rings. The lowest BCUT2D eigenvalue weighted by Gasteiger charge is -1.97. The van der Waals surface area contributed by atoms with Crippen LogP contribution in [0.15, 0.2) is 33.5 Å². The largest absolute Gasteiger partial charge is 0.421 e. The lowest BCUT2D eigenvalue weighted by atomic mass is 10.2. The molecule has 5 nitrogen and oxygen atoms in total. The van der Waals surface area contributed by atoms with Gasteiger partial charge in [-0.3, -0.25) is 0 Å². The average Bonchev–Trinajstić information content (AvgIpc) is 2.62. The number of fused-ring (bicyclic) bond motifs is 3. The van der Waals surface area contributed by atoms with E-state index >= 15 is 0 Å². The van der Waals surface area contributed by atoms with Crippen LogP contribution in [0.5, 0.6) is 0 Å². The second kappa shape index (κ2) is 2.66. The highest BCUT2D eigenvalue weighted by atomic mass is 16.4. The summed E-state index contributed by atoms with van der Waals surface area (Å²) in [6, 6.07) is 7.34. The molecule has 0 aliphatic rings. The normalized spacial score (nSPS) is 11.3. The molecular weight excluding hydrogens is 194 g/mol. The summed E-state index contributed by atoms with van der Waals surface area (Å²) < 4.78 is 6.69. The third-order valence-corrected chi connectivity index (χ3v) is 2.36. The van der Waals surface area contributed by atoms with Crippen LogP contribution in [-0.2, 0) is 7.05 Å². The van der Waals surface area contributed by atoms with Crippen LogP contribution in [0.4, 0.5) is 0 Å². The Morgan fingerprint density at radius 1 is 1.33 bits per heavy atom. The van der Waals surface area contributed by atoms with Crippen molar-refractivity contribution in [3.05, 3.63) is 34.7 Å². The molecule has 15 heavy (non-hydrogen) atoms. The van der Waals surface area contributed by atoms with E-state index in [2.05, 4.69) is 10.3 Å². The van der Waals surface area contributed by atoms with Crippen LogP contribution in [0, 0.1) is 0 Å². The van der Waals surface area contributed by atoms with Gasteiger partial charge in [0, 0.05) is 12.4 Å². The van der Waals surface area contributed by atoms with E-state index in [0.717, 1.165) is 5.39 Å². The summed E-state index contributed by atoms with van der Waals surface area (Å²) in [6.45, 7) is 0. The summed E-state index contributed by atoms with van der Waals surface area (Å²) >= 11 is 0. The fourth-order valence-corrected chi connectivity index (χ4v) is 1.70. The maximum atomic E-state index is 11.5. The van der Waals surface area contributed by atoms with Crippen molar-refractivity contribution in [1.82, 2.24) is 15.0 Å². The van der Waals surface area contributed by atoms with Gasteiger partial charge in [0.25, 0.3) is 0 Å². The minimum atomic E-state index is -0.447. The van der Waals surface area contributed by atoms with Crippen molar-refractivity contribution in [3.8, 4) is 0 Å². The molecule has 0 bridgehead atoms. The van der Waals surface area contributed by atoms with E-state index in [1.807, 2.05) is 18.2 Å². The lowest BCUT2D eigenvalue weighted by Crippen LogP contribution is -2.00. The van der Waals surface area contributed by atoms with Gasteiger partial charge in [-0.25, -0.2) is 9.48 Å². The maximum absolute atomic E-state index is 11.5. The van der Waals surface area contributed by atoms with Gasteiger partial charge < -0.3 is 4.42 Å². The van der Waals surface area contributed by atoms with Crippen LogP contribution in [-0.4, -0.2) is 15.0 Å². The summed E-state index contributed by atoms with van der Waals surface area (Å²) in [5.41, 5.74) is 1.09. The summed E-state index contributed by atoms with van der Waals surface area (Å²) in [5, 5.41) is 8.43. The minimum absolute atomic E-state index is 0.274. The number of nitrogens with zero attached hydrogens (tertiary/aromatic N) is 3. The van der Waals surface area contributed by atoms with Crippen LogP contribution in [0.25, 0.3) is 22.0 Å². The molecule has 0 unspecified atom stereocenters. The van der Waals surface area contributed by atoms with Crippen LogP contribution in [0.2, 0.25) is 0 Å². The molecule has 0 spiro atoms. The van der Waals surface area contributed by atoms with Crippen LogP contribution < -0.4 is 5.63 Å². The molecule has 3 rings (SSSR count). The molecule has 0 aliphatic carbocycles. The first-order chi connectivity index (χ1) is 7.27. The Labute approximate surface area is 83.9 Å². The van der Waals surface area contributed by atoms with Crippen molar-refractivity contribution in [2.45, 2.75) is 0 Å². The predicted molar refractivity (Wildman–Crippen MR) is 54.6 cm³/mol. The molecule has 0 atom stereocenters. The van der Waals surface area contributed by atoms with Gasteiger partial charge in [-0.15, -0.1) is 5.10 Å². The van der Waals surface area contributed by atoms with Gasteiger partial charge >= 0.3 is 5.63 Å². The van der Waals surface area contributed by atoms with E-state index in [9.17, 15) is 4.79 Å². The molecule has 0 N–H and O–H groups in total. The molecule has 0 radical (unpaired) electrons. The van der Waals surface area contributed by atoms with Crippen molar-refractivity contribution < 1.29 is 4.42 Å². The van der Waals surface area contributed by atoms with Crippen LogP contribution in [0.3, 0.4) is 0 Å². The van der Waals surface area contributed by atoms with E-state index in [1.165, 1.54) is 0 Å². The Morgan fingerprint density at radius 2 is 2.13 bits per heavy atom. The molecule has 0 saturated carbocycles. The number of para-hydroxylation sites is 1. The van der Waals surface area contributed by atoms with Crippen molar-refractivity contribution in [1.29, 1.82) is 0 Å². The molecule has 0 amide bonds. The highest BCUT2D eigenvalue weighted by Gasteiger charge is 2.11. The molecule has 2 heterocycles. The Hall–Kier alpha value is -2.17. The highest BCUT2D eigenvalue weighted by molar-refractivity contribution is 6.00. The van der Waals surface area contributed by atoms with Gasteiger partial charge in [-0.05, 0) is 12.1 Å². The molecule has 74 valence electrons. The van der Waals surface area contributed by atoms with Gasteiger partial charge in [0.1, 0.15) is 11.1 Å². The summed E-state index contributed by atoms with van der Waals surface area (Å²) in [5.74, 6) is 0. The van der Waals surface area contributed by atoms with Crippen molar-refractivity contribution >= 4 is 22.0 Å². The fraction of sp³-hybridized carbons (Fsp3) is 0.100. The van der Waals surface area contributed by atoms with Gasteiger partial charge in [0.2, 0.25) is 0 Å². The van der Waals surface area contributed by atoms with Crippen LogP contribution in [0.1, 0.15) is 0 Å². The van der Waals surface area contributed by atoms with E-state index in [1.54, 1.807) is 17.8 Å². The number of hydrogen-bond acceptors (Lipinski definition) is 4. The number of aromatic nitrogens is 3. The number of benzene rings is 1. The average molecular weight is 201 g/mol. The molecule has 1 aromatic carbocycles. The monoisotopic (exact) mass is 201 g/mol. The van der Waals surface area contributed by atoms with E-state index in [0.29, 0.717) is 11.1 Å². The third kappa shape index (κ3) is 0.999. The molecule has 2 aromatic heterocycles. The number of rotatable bonds is 0. The Balaban J connectivity index is 2.74. The number of aryl methyl sites for hydroxylation is 1. The maximum Gasteiger partial charge on any atom is 0.366 e. The Bertz CT molecular complexity index is 711. The van der Waals surface area contributed by atoms with Crippen molar-refractivity contribution in [3.63, 3.8) is 0 Å². The summed E-state index contributed by atoms with van der Waals surface area (Å²) in [6.07, 6.45) is 0. The van der Waals surface area contributed by atoms with E-state index < -0.39 is 5.63 Å². The molecule has 0 aliphatic heterocycles. The molecule has 0 fully saturated rings. The quantitative estimate of drug-likeness (QED) is 0.510. The highest BCUT2D eigenvalue weighted by Crippen LogP contribution is 2.19. The van der Waals surface area contributed by atoms with Crippen molar-refractivity contribution in [2.75, 3.05) is 0 Å². The zero-order valence-electron chi connectivity index (χ0n) is 7.97. The second-order valence-corrected chi connectivity index (χ2v) is 3.30. The van der Waals surface area contributed by atoms with Gasteiger partial charge in [-0.2, -0.15) is 0 Å². The van der Waals surface area contributed by atoms with Crippen molar-refractivity contribution in [2.24, 2.45) is 7.05 Å². The smallest absolute Gasteiger partial charge is 0.366 e. The molecule has 0 saturated heterocycles. The summed E-state index contributed by atoms with van der Waals surface area (Å²) in [7, 11) is 1.75. The van der Waals surface area contributed by atoms with Gasteiger partial charge in [0.05, 0.1) is 0 Å². The standard InChI is InChI=1S/C10H7N3O2/c1-13-9-6-4-2-3-5-7(6)15-10(14)8(9)11-12-13/h2-5H,1H3. The van der Waals surface area contributed by atoms with Crippen LogP contribution >= 0.6 is 0 Å². The topological polar surface area (TPSA) is 60.9 Å². The minimum Gasteiger partial charge on any atom is -0.421 e. The first-order valence-corrected chi connectivity index (χ1v) is 4.48. The predicted octanol–water partition coefficient (Wildman–Crippen LogP) is 1.07. The zero-order chi connectivity index (χ0) is 10.4. The fourth-order valence-electron chi connectivity index (χ4n) is 1.70. The second-order valence-electron chi connectivity index (χ2n) is 3.30. The molecular formula is C10H7N3O2. The van der Waals surface area contributed by atoms with Gasteiger partial charge in [-0.1, -0.05) is 17.3 Å².